The molecule has 1 aliphatic rings. The van der Waals surface area contributed by atoms with E-state index in [1.807, 2.05) is 25.1 Å². The lowest BCUT2D eigenvalue weighted by atomic mass is 9.91. The van der Waals surface area contributed by atoms with Gasteiger partial charge in [0.15, 0.2) is 0 Å². The first kappa shape index (κ1) is 35.0. The van der Waals surface area contributed by atoms with Crippen molar-refractivity contribution in [2.75, 3.05) is 13.1 Å². The molecule has 1 aliphatic heterocycles. The van der Waals surface area contributed by atoms with Crippen molar-refractivity contribution in [3.8, 4) is 0 Å². The zero-order chi connectivity index (χ0) is 32.3. The van der Waals surface area contributed by atoms with Crippen LogP contribution in [-0.4, -0.2) is 29.9 Å². The van der Waals surface area contributed by atoms with Gasteiger partial charge < -0.3 is 5.32 Å². The third kappa shape index (κ3) is 10.3. The maximum atomic E-state index is 13.0. The molecule has 238 valence electrons. The first-order valence-corrected chi connectivity index (χ1v) is 15.7. The van der Waals surface area contributed by atoms with E-state index in [0.29, 0.717) is 12.1 Å². The van der Waals surface area contributed by atoms with Gasteiger partial charge in [0.05, 0.1) is 5.56 Å². The summed E-state index contributed by atoms with van der Waals surface area (Å²) in [6.07, 6.45) is 1.41. The van der Waals surface area contributed by atoms with Crippen LogP contribution in [-0.2, 0) is 19.1 Å². The zero-order valence-electron chi connectivity index (χ0n) is 26.7. The molecule has 1 fully saturated rings. The second kappa shape index (κ2) is 16.6. The van der Waals surface area contributed by atoms with Crippen LogP contribution >= 0.6 is 0 Å². The van der Waals surface area contributed by atoms with Gasteiger partial charge in [0, 0.05) is 31.2 Å². The highest BCUT2D eigenvalue weighted by Gasteiger charge is 2.30. The molecular formula is C37H46F4N2O. The van der Waals surface area contributed by atoms with E-state index in [1.165, 1.54) is 34.4 Å². The molecule has 0 aliphatic carbocycles. The predicted molar refractivity (Wildman–Crippen MR) is 172 cm³/mol. The molecule has 44 heavy (non-hydrogen) atoms. The number of benzene rings is 3. The van der Waals surface area contributed by atoms with Gasteiger partial charge >= 0.3 is 6.18 Å². The number of piperidine rings is 1. The van der Waals surface area contributed by atoms with Gasteiger partial charge in [0.1, 0.15) is 5.82 Å². The van der Waals surface area contributed by atoms with Crippen molar-refractivity contribution in [3.63, 3.8) is 0 Å². The molecule has 7 heteroatoms. The summed E-state index contributed by atoms with van der Waals surface area (Å²) in [6.45, 7) is 12.9. The minimum atomic E-state index is -4.31. The summed E-state index contributed by atoms with van der Waals surface area (Å²) >= 11 is 0. The molecule has 0 spiro atoms. The Morgan fingerprint density at radius 3 is 2.07 bits per heavy atom. The Balaban J connectivity index is 0.000000502. The Bertz CT molecular complexity index is 1370. The van der Waals surface area contributed by atoms with E-state index in [4.69, 9.17) is 0 Å². The highest BCUT2D eigenvalue weighted by atomic mass is 19.4. The van der Waals surface area contributed by atoms with Crippen molar-refractivity contribution >= 4 is 11.5 Å². The van der Waals surface area contributed by atoms with Crippen LogP contribution in [0.2, 0.25) is 0 Å². The first-order valence-electron chi connectivity index (χ1n) is 15.7. The Morgan fingerprint density at radius 1 is 0.909 bits per heavy atom. The van der Waals surface area contributed by atoms with Crippen molar-refractivity contribution in [1.29, 1.82) is 0 Å². The van der Waals surface area contributed by atoms with Crippen LogP contribution < -0.4 is 5.32 Å². The maximum Gasteiger partial charge on any atom is 0.416 e. The molecular weight excluding hydrogens is 564 g/mol. The number of nitrogens with one attached hydrogen (secondary N) is 1. The van der Waals surface area contributed by atoms with Crippen LogP contribution in [0.3, 0.4) is 0 Å². The number of carbonyl (C=O) groups excluding carboxylic acids is 1. The van der Waals surface area contributed by atoms with Crippen LogP contribution in [0.4, 0.5) is 17.6 Å². The van der Waals surface area contributed by atoms with Crippen LogP contribution in [0, 0.1) is 12.7 Å². The highest BCUT2D eigenvalue weighted by Crippen LogP contribution is 2.30. The molecule has 0 radical (unpaired) electrons. The number of hydrogen-bond donors (Lipinski definition) is 1. The molecule has 3 aromatic rings. The molecule has 0 saturated carbocycles. The van der Waals surface area contributed by atoms with E-state index >= 15 is 0 Å². The molecule has 1 heterocycles. The van der Waals surface area contributed by atoms with Crippen molar-refractivity contribution in [2.24, 2.45) is 0 Å². The summed E-state index contributed by atoms with van der Waals surface area (Å²) in [7, 11) is 0. The fourth-order valence-corrected chi connectivity index (χ4v) is 5.62. The molecule has 0 bridgehead atoms. The molecule has 1 amide bonds. The number of amides is 1. The Hall–Kier alpha value is -3.45. The van der Waals surface area contributed by atoms with Gasteiger partial charge in [-0.2, -0.15) is 13.2 Å². The number of rotatable bonds is 9. The van der Waals surface area contributed by atoms with Crippen molar-refractivity contribution in [2.45, 2.75) is 91.9 Å². The fourth-order valence-electron chi connectivity index (χ4n) is 5.62. The highest BCUT2D eigenvalue weighted by molar-refractivity contribution is 5.95. The molecule has 1 N–H and O–H groups in total. The second-order valence-electron chi connectivity index (χ2n) is 11.6. The van der Waals surface area contributed by atoms with E-state index in [2.05, 4.69) is 37.9 Å². The Kier molecular flexibility index (Phi) is 13.2. The smallest absolute Gasteiger partial charge is 0.349 e. The van der Waals surface area contributed by atoms with E-state index in [-0.39, 0.29) is 17.8 Å². The largest absolute Gasteiger partial charge is 0.416 e. The Morgan fingerprint density at radius 2 is 1.52 bits per heavy atom. The van der Waals surface area contributed by atoms with Gasteiger partial charge in [-0.15, -0.1) is 0 Å². The van der Waals surface area contributed by atoms with E-state index < -0.39 is 11.7 Å². The zero-order valence-corrected chi connectivity index (χ0v) is 26.7. The molecule has 0 aromatic heterocycles. The number of aryl methyl sites for hydroxylation is 2. The van der Waals surface area contributed by atoms with Gasteiger partial charge in [0.25, 0.3) is 5.91 Å². The first-order chi connectivity index (χ1) is 20.9. The number of halogens is 4. The second-order valence-corrected chi connectivity index (χ2v) is 11.6. The number of allylic oxidation sites excluding steroid dienone is 2. The summed E-state index contributed by atoms with van der Waals surface area (Å²) in [4.78, 5) is 15.3. The minimum absolute atomic E-state index is 0.0453. The van der Waals surface area contributed by atoms with Gasteiger partial charge in [0.2, 0.25) is 0 Å². The van der Waals surface area contributed by atoms with Gasteiger partial charge in [-0.05, 0) is 110 Å². The third-order valence-electron chi connectivity index (χ3n) is 8.25. The average Bonchev–Trinajstić information content (AvgIpc) is 3.00. The molecule has 0 unspecified atom stereocenters. The minimum Gasteiger partial charge on any atom is -0.349 e. The van der Waals surface area contributed by atoms with Crippen molar-refractivity contribution in [3.05, 3.63) is 112 Å². The maximum absolute atomic E-state index is 13.0. The number of hydrogen-bond acceptors (Lipinski definition) is 2. The summed E-state index contributed by atoms with van der Waals surface area (Å²) < 4.78 is 50.5. The standard InChI is InChI=1S/C29H37F3N2O.C8H9F/c1-5-7-20(3)26(6-2)27-18-23(11-8-21(27)4)28(35)33-25-14-16-34(17-15-25)19-22-9-12-24(13-10-22)29(30,31)32;1-2-7-3-5-8(9)6-4-7/h8-13,18,25H,5-7,14-17,19H2,1-4H3,(H,33,35);3-6H,2H2,1H3/b26-20+;. The van der Waals surface area contributed by atoms with Crippen LogP contribution in [0.15, 0.2) is 72.3 Å². The quantitative estimate of drug-likeness (QED) is 0.245. The van der Waals surface area contributed by atoms with Crippen LogP contribution in [0.1, 0.15) is 98.0 Å². The Labute approximate surface area is 260 Å². The monoisotopic (exact) mass is 610 g/mol. The van der Waals surface area contributed by atoms with E-state index in [1.54, 1.807) is 24.3 Å². The number of carbonyl (C=O) groups is 1. The lowest BCUT2D eigenvalue weighted by Gasteiger charge is -2.32. The lowest BCUT2D eigenvalue weighted by molar-refractivity contribution is -0.137. The summed E-state index contributed by atoms with van der Waals surface area (Å²) in [6, 6.07) is 18.0. The fraction of sp³-hybridized carbons (Fsp3) is 0.432. The van der Waals surface area contributed by atoms with Crippen LogP contribution in [0.25, 0.3) is 5.57 Å². The van der Waals surface area contributed by atoms with Gasteiger partial charge in [-0.1, -0.05) is 63.1 Å². The molecule has 0 atom stereocenters. The van der Waals surface area contributed by atoms with Crippen molar-refractivity contribution in [1.82, 2.24) is 10.2 Å². The van der Waals surface area contributed by atoms with E-state index in [9.17, 15) is 22.4 Å². The summed E-state index contributed by atoms with van der Waals surface area (Å²) in [5, 5.41) is 3.19. The van der Waals surface area contributed by atoms with E-state index in [0.717, 1.165) is 74.9 Å². The van der Waals surface area contributed by atoms with Gasteiger partial charge in [-0.3, -0.25) is 9.69 Å². The molecule has 4 rings (SSSR count). The predicted octanol–water partition coefficient (Wildman–Crippen LogP) is 9.78. The lowest BCUT2D eigenvalue weighted by Crippen LogP contribution is -2.44. The summed E-state index contributed by atoms with van der Waals surface area (Å²) in [5.41, 5.74) is 7.17. The molecule has 3 aromatic carbocycles. The molecule has 1 saturated heterocycles. The number of alkyl halides is 3. The third-order valence-corrected chi connectivity index (χ3v) is 8.25. The number of likely N-dealkylation sites (tertiary alicyclic amines) is 1. The SMILES string of the molecule is CCC/C(C)=C(\CC)c1cc(C(=O)NC2CCN(Cc3ccc(C(F)(F)F)cc3)CC2)ccc1C.CCc1ccc(F)cc1. The number of nitrogens with zero attached hydrogens (tertiary/aromatic N) is 1. The summed E-state index contributed by atoms with van der Waals surface area (Å²) in [5.74, 6) is -0.205. The topological polar surface area (TPSA) is 32.3 Å². The van der Waals surface area contributed by atoms with Crippen molar-refractivity contribution < 1.29 is 22.4 Å². The van der Waals surface area contributed by atoms with Crippen LogP contribution in [0.5, 0.6) is 0 Å². The van der Waals surface area contributed by atoms with Gasteiger partial charge in [-0.25, -0.2) is 4.39 Å². The normalized spacial score (nSPS) is 14.8. The molecule has 3 nitrogen and oxygen atoms in total. The average molecular weight is 611 g/mol.